The van der Waals surface area contributed by atoms with E-state index in [1.807, 2.05) is 0 Å². The number of hydrogen-bond donors (Lipinski definition) is 1. The van der Waals surface area contributed by atoms with E-state index in [1.54, 1.807) is 0 Å². The maximum atomic E-state index is 5.62. The molecule has 5 heteroatoms. The third-order valence-corrected chi connectivity index (χ3v) is 6.70. The number of hydrogen-bond acceptors (Lipinski definition) is 3. The number of nitrogens with one attached hydrogen (secondary N) is 1. The fourth-order valence-corrected chi connectivity index (χ4v) is 4.87. The van der Waals surface area contributed by atoms with E-state index in [-0.39, 0.29) is 0 Å². The molecule has 31 heavy (non-hydrogen) atoms. The van der Waals surface area contributed by atoms with Gasteiger partial charge in [0, 0.05) is 38.7 Å². The average Bonchev–Trinajstić information content (AvgIpc) is 3.27. The van der Waals surface area contributed by atoms with Crippen molar-refractivity contribution in [3.63, 3.8) is 0 Å². The molecule has 174 valence electrons. The molecule has 2 aliphatic rings. The Balaban J connectivity index is 1.30. The van der Waals surface area contributed by atoms with E-state index in [0.29, 0.717) is 5.92 Å². The van der Waals surface area contributed by atoms with Gasteiger partial charge in [0.05, 0.1) is 6.61 Å². The van der Waals surface area contributed by atoms with Gasteiger partial charge >= 0.3 is 0 Å². The van der Waals surface area contributed by atoms with Gasteiger partial charge < -0.3 is 19.9 Å². The molecule has 0 aliphatic carbocycles. The van der Waals surface area contributed by atoms with E-state index >= 15 is 0 Å². The van der Waals surface area contributed by atoms with E-state index in [4.69, 9.17) is 9.73 Å². The van der Waals surface area contributed by atoms with Gasteiger partial charge in [-0.25, -0.2) is 0 Å². The van der Waals surface area contributed by atoms with Gasteiger partial charge in [-0.05, 0) is 83.5 Å². The lowest BCUT2D eigenvalue weighted by atomic mass is 9.90. The van der Waals surface area contributed by atoms with Crippen molar-refractivity contribution in [2.45, 2.75) is 52.4 Å². The first kappa shape index (κ1) is 24.1. The number of piperidine rings is 1. The SMILES string of the molecule is CCNC(=NCCCCN1CCC(Cc2ccccc2)CC1)N1CCC(COCC)C1. The third kappa shape index (κ3) is 8.46. The van der Waals surface area contributed by atoms with Gasteiger partial charge in [-0.3, -0.25) is 4.99 Å². The molecule has 0 saturated carbocycles. The van der Waals surface area contributed by atoms with Crippen LogP contribution in [0, 0.1) is 11.8 Å². The summed E-state index contributed by atoms with van der Waals surface area (Å²) in [6, 6.07) is 11.0. The zero-order valence-corrected chi connectivity index (χ0v) is 19.9. The number of aliphatic imine (C=N–C) groups is 1. The van der Waals surface area contributed by atoms with E-state index in [0.717, 1.165) is 51.3 Å². The second kappa shape index (κ2) is 13.7. The number of nitrogens with zero attached hydrogens (tertiary/aromatic N) is 3. The third-order valence-electron chi connectivity index (χ3n) is 6.70. The van der Waals surface area contributed by atoms with Crippen LogP contribution < -0.4 is 5.32 Å². The van der Waals surface area contributed by atoms with Crippen LogP contribution in [-0.4, -0.2) is 74.8 Å². The normalized spacial score (nSPS) is 21.0. The Labute approximate surface area is 190 Å². The molecule has 1 atom stereocenters. The fraction of sp³-hybridized carbons (Fsp3) is 0.731. The summed E-state index contributed by atoms with van der Waals surface area (Å²) in [6.45, 7) is 13.7. The fourth-order valence-electron chi connectivity index (χ4n) is 4.87. The van der Waals surface area contributed by atoms with Crippen molar-refractivity contribution in [3.8, 4) is 0 Å². The molecular formula is C26H44N4O. The van der Waals surface area contributed by atoms with Crippen molar-refractivity contribution in [1.82, 2.24) is 15.1 Å². The highest BCUT2D eigenvalue weighted by Gasteiger charge is 2.24. The van der Waals surface area contributed by atoms with Crippen LogP contribution in [0.5, 0.6) is 0 Å². The zero-order chi connectivity index (χ0) is 21.7. The molecule has 1 aromatic carbocycles. The summed E-state index contributed by atoms with van der Waals surface area (Å²) in [5.74, 6) is 2.61. The second-order valence-electron chi connectivity index (χ2n) is 9.18. The summed E-state index contributed by atoms with van der Waals surface area (Å²) in [5, 5.41) is 3.49. The van der Waals surface area contributed by atoms with Gasteiger partial charge in [0.15, 0.2) is 5.96 Å². The molecule has 2 heterocycles. The van der Waals surface area contributed by atoms with E-state index in [9.17, 15) is 0 Å². The first-order valence-electron chi connectivity index (χ1n) is 12.7. The molecular weight excluding hydrogens is 384 g/mol. The molecule has 2 aliphatic heterocycles. The minimum Gasteiger partial charge on any atom is -0.381 e. The smallest absolute Gasteiger partial charge is 0.193 e. The Bertz CT molecular complexity index is 628. The second-order valence-corrected chi connectivity index (χ2v) is 9.18. The predicted molar refractivity (Wildman–Crippen MR) is 131 cm³/mol. The highest BCUT2D eigenvalue weighted by Crippen LogP contribution is 2.22. The lowest BCUT2D eigenvalue weighted by molar-refractivity contribution is 0.114. The van der Waals surface area contributed by atoms with Crippen molar-refractivity contribution in [2.75, 3.05) is 59.0 Å². The molecule has 2 fully saturated rings. The number of rotatable bonds is 11. The van der Waals surface area contributed by atoms with Crippen LogP contribution in [0.1, 0.15) is 51.5 Å². The Hall–Kier alpha value is -1.59. The van der Waals surface area contributed by atoms with Gasteiger partial charge in [-0.15, -0.1) is 0 Å². The summed E-state index contributed by atoms with van der Waals surface area (Å²) in [6.07, 6.45) is 7.57. The van der Waals surface area contributed by atoms with Crippen molar-refractivity contribution in [2.24, 2.45) is 16.8 Å². The number of benzene rings is 1. The monoisotopic (exact) mass is 428 g/mol. The molecule has 3 rings (SSSR count). The van der Waals surface area contributed by atoms with Gasteiger partial charge in [-0.1, -0.05) is 30.3 Å². The van der Waals surface area contributed by atoms with Crippen LogP contribution in [0.2, 0.25) is 0 Å². The van der Waals surface area contributed by atoms with Gasteiger partial charge in [0.25, 0.3) is 0 Å². The number of unbranched alkanes of at least 4 members (excludes halogenated alkanes) is 1. The zero-order valence-electron chi connectivity index (χ0n) is 19.9. The lowest BCUT2D eigenvalue weighted by Gasteiger charge is -2.32. The van der Waals surface area contributed by atoms with E-state index in [2.05, 4.69) is 59.3 Å². The first-order valence-corrected chi connectivity index (χ1v) is 12.7. The molecule has 1 N–H and O–H groups in total. The van der Waals surface area contributed by atoms with Crippen LogP contribution in [0.3, 0.4) is 0 Å². The van der Waals surface area contributed by atoms with Crippen LogP contribution in [0.4, 0.5) is 0 Å². The Morgan fingerprint density at radius 1 is 1.03 bits per heavy atom. The van der Waals surface area contributed by atoms with Crippen molar-refractivity contribution in [1.29, 1.82) is 0 Å². The van der Waals surface area contributed by atoms with Gasteiger partial charge in [0.2, 0.25) is 0 Å². The molecule has 0 spiro atoms. The van der Waals surface area contributed by atoms with Crippen LogP contribution >= 0.6 is 0 Å². The van der Waals surface area contributed by atoms with Crippen molar-refractivity contribution >= 4 is 5.96 Å². The summed E-state index contributed by atoms with van der Waals surface area (Å²) < 4.78 is 5.62. The summed E-state index contributed by atoms with van der Waals surface area (Å²) >= 11 is 0. The Morgan fingerprint density at radius 3 is 2.55 bits per heavy atom. The summed E-state index contributed by atoms with van der Waals surface area (Å²) in [5.41, 5.74) is 1.50. The highest BCUT2D eigenvalue weighted by atomic mass is 16.5. The molecule has 0 amide bonds. The van der Waals surface area contributed by atoms with Crippen LogP contribution in [-0.2, 0) is 11.2 Å². The Kier molecular flexibility index (Phi) is 10.7. The first-order chi connectivity index (χ1) is 15.3. The minimum atomic E-state index is 0.647. The maximum absolute atomic E-state index is 5.62. The molecule has 2 saturated heterocycles. The number of ether oxygens (including phenoxy) is 1. The van der Waals surface area contributed by atoms with E-state index < -0.39 is 0 Å². The average molecular weight is 429 g/mol. The standard InChI is InChI=1S/C26H44N4O/c1-3-27-26(30-19-14-25(21-30)22-31-4-2)28-15-8-9-16-29-17-12-24(13-18-29)20-23-10-6-5-7-11-23/h5-7,10-11,24-25H,3-4,8-9,12-22H2,1-2H3,(H,27,28). The molecule has 1 unspecified atom stereocenters. The van der Waals surface area contributed by atoms with Crippen molar-refractivity contribution in [3.05, 3.63) is 35.9 Å². The molecule has 0 aromatic heterocycles. The summed E-state index contributed by atoms with van der Waals surface area (Å²) in [7, 11) is 0. The molecule has 1 aromatic rings. The molecule has 0 bridgehead atoms. The lowest BCUT2D eigenvalue weighted by Crippen LogP contribution is -2.40. The quantitative estimate of drug-likeness (QED) is 0.328. The maximum Gasteiger partial charge on any atom is 0.193 e. The van der Waals surface area contributed by atoms with E-state index in [1.165, 1.54) is 63.7 Å². The molecule has 0 radical (unpaired) electrons. The largest absolute Gasteiger partial charge is 0.381 e. The minimum absolute atomic E-state index is 0.647. The highest BCUT2D eigenvalue weighted by molar-refractivity contribution is 5.80. The van der Waals surface area contributed by atoms with Gasteiger partial charge in [0.1, 0.15) is 0 Å². The molecule has 5 nitrogen and oxygen atoms in total. The van der Waals surface area contributed by atoms with Gasteiger partial charge in [-0.2, -0.15) is 0 Å². The number of likely N-dealkylation sites (tertiary alicyclic amines) is 2. The summed E-state index contributed by atoms with van der Waals surface area (Å²) in [4.78, 5) is 10.0. The number of guanidine groups is 1. The van der Waals surface area contributed by atoms with Crippen molar-refractivity contribution < 1.29 is 4.74 Å². The van der Waals surface area contributed by atoms with Crippen LogP contribution in [0.25, 0.3) is 0 Å². The predicted octanol–water partition coefficient (Wildman–Crippen LogP) is 4.05. The van der Waals surface area contributed by atoms with Crippen LogP contribution in [0.15, 0.2) is 35.3 Å². The Morgan fingerprint density at radius 2 is 1.81 bits per heavy atom. The topological polar surface area (TPSA) is 40.1 Å².